The minimum atomic E-state index is -4.54. The number of nitrogens with zero attached hydrogens (tertiary/aromatic N) is 2. The van der Waals surface area contributed by atoms with Gasteiger partial charge in [0.2, 0.25) is 5.91 Å². The Bertz CT molecular complexity index is 812. The van der Waals surface area contributed by atoms with Gasteiger partial charge in [0.1, 0.15) is 11.8 Å². The van der Waals surface area contributed by atoms with Crippen molar-refractivity contribution in [2.24, 2.45) is 5.92 Å². The number of amides is 2. The minimum absolute atomic E-state index is 0.0625. The van der Waals surface area contributed by atoms with Gasteiger partial charge in [0.15, 0.2) is 0 Å². The van der Waals surface area contributed by atoms with E-state index < -0.39 is 29.4 Å². The van der Waals surface area contributed by atoms with E-state index in [1.807, 2.05) is 0 Å². The van der Waals surface area contributed by atoms with Gasteiger partial charge in [0, 0.05) is 18.7 Å². The molecule has 8 heteroatoms. The van der Waals surface area contributed by atoms with Crippen molar-refractivity contribution in [3.05, 3.63) is 35.4 Å². The third-order valence-corrected chi connectivity index (χ3v) is 6.67. The summed E-state index contributed by atoms with van der Waals surface area (Å²) >= 11 is 0. The molecule has 5 nitrogen and oxygen atoms in total. The van der Waals surface area contributed by atoms with Gasteiger partial charge in [-0.1, -0.05) is 13.0 Å². The van der Waals surface area contributed by atoms with Crippen molar-refractivity contribution in [2.45, 2.75) is 63.4 Å². The number of rotatable bonds is 2. The second kappa shape index (κ2) is 7.87. The number of halogens is 3. The maximum absolute atomic E-state index is 13.5. The third kappa shape index (κ3) is 3.82. The van der Waals surface area contributed by atoms with Gasteiger partial charge < -0.3 is 9.64 Å². The first-order valence-electron chi connectivity index (χ1n) is 10.6. The van der Waals surface area contributed by atoms with Gasteiger partial charge in [0.05, 0.1) is 12.2 Å². The van der Waals surface area contributed by atoms with E-state index in [1.54, 1.807) is 4.90 Å². The van der Waals surface area contributed by atoms with Crippen LogP contribution in [0.25, 0.3) is 0 Å². The summed E-state index contributed by atoms with van der Waals surface area (Å²) in [5, 5.41) is 0. The van der Waals surface area contributed by atoms with Gasteiger partial charge in [-0.05, 0) is 62.6 Å². The molecular weight excluding hydrogens is 397 g/mol. The lowest BCUT2D eigenvalue weighted by Crippen LogP contribution is -2.57. The van der Waals surface area contributed by atoms with Crippen LogP contribution in [0.3, 0.4) is 0 Å². The number of hydrogen-bond donors (Lipinski definition) is 0. The number of benzene rings is 1. The molecule has 1 aliphatic carbocycles. The largest absolute Gasteiger partial charge is 0.416 e. The molecule has 1 spiro atoms. The van der Waals surface area contributed by atoms with Crippen LogP contribution in [0.15, 0.2) is 24.3 Å². The molecule has 1 atom stereocenters. The first-order valence-corrected chi connectivity index (χ1v) is 10.6. The standard InChI is InChI=1S/C22H27F3N2O3/c1-15-7-9-21(10-8-15)27(18(14-30-21)20(29)26-11-2-3-12-26)19(28)16-5-4-6-17(13-16)22(23,24)25/h4-6,13,15,18H,2-3,7-12,14H2,1H3. The monoisotopic (exact) mass is 424 g/mol. The van der Waals surface area contributed by atoms with Gasteiger partial charge >= 0.3 is 6.18 Å². The summed E-state index contributed by atoms with van der Waals surface area (Å²) in [5.74, 6) is -0.243. The molecule has 164 valence electrons. The van der Waals surface area contributed by atoms with Crippen molar-refractivity contribution in [2.75, 3.05) is 19.7 Å². The molecule has 3 aliphatic rings. The van der Waals surface area contributed by atoms with E-state index in [-0.39, 0.29) is 18.1 Å². The fourth-order valence-electron chi connectivity index (χ4n) is 4.88. The average Bonchev–Trinajstić information content (AvgIpc) is 3.38. The summed E-state index contributed by atoms with van der Waals surface area (Å²) in [4.78, 5) is 29.9. The van der Waals surface area contributed by atoms with E-state index in [0.717, 1.165) is 37.8 Å². The molecule has 1 saturated carbocycles. The molecule has 2 amide bonds. The number of likely N-dealkylation sites (tertiary alicyclic amines) is 1. The number of hydrogen-bond acceptors (Lipinski definition) is 3. The molecule has 2 aliphatic heterocycles. The van der Waals surface area contributed by atoms with Gasteiger partial charge in [-0.25, -0.2) is 0 Å². The highest BCUT2D eigenvalue weighted by molar-refractivity contribution is 5.98. The first kappa shape index (κ1) is 21.2. The quantitative estimate of drug-likeness (QED) is 0.719. The Morgan fingerprint density at radius 1 is 1.13 bits per heavy atom. The van der Waals surface area contributed by atoms with Crippen LogP contribution in [-0.2, 0) is 15.7 Å². The Labute approximate surface area is 174 Å². The molecule has 1 unspecified atom stereocenters. The second-order valence-corrected chi connectivity index (χ2v) is 8.74. The lowest BCUT2D eigenvalue weighted by atomic mass is 9.83. The molecule has 3 fully saturated rings. The molecular formula is C22H27F3N2O3. The van der Waals surface area contributed by atoms with Gasteiger partial charge in [-0.2, -0.15) is 13.2 Å². The van der Waals surface area contributed by atoms with Crippen LogP contribution in [0.5, 0.6) is 0 Å². The van der Waals surface area contributed by atoms with Crippen LogP contribution in [0.2, 0.25) is 0 Å². The zero-order chi connectivity index (χ0) is 21.5. The zero-order valence-corrected chi connectivity index (χ0v) is 17.1. The summed E-state index contributed by atoms with van der Waals surface area (Å²) < 4.78 is 45.7. The van der Waals surface area contributed by atoms with Crippen LogP contribution in [0, 0.1) is 5.92 Å². The van der Waals surface area contributed by atoms with Crippen LogP contribution in [-0.4, -0.2) is 53.1 Å². The first-order chi connectivity index (χ1) is 14.2. The van der Waals surface area contributed by atoms with Gasteiger partial charge in [0.25, 0.3) is 5.91 Å². The van der Waals surface area contributed by atoms with Crippen molar-refractivity contribution < 1.29 is 27.5 Å². The molecule has 0 N–H and O–H groups in total. The fourth-order valence-corrected chi connectivity index (χ4v) is 4.88. The smallest absolute Gasteiger partial charge is 0.353 e. The predicted octanol–water partition coefficient (Wildman–Crippen LogP) is 4.08. The highest BCUT2D eigenvalue weighted by atomic mass is 19.4. The van der Waals surface area contributed by atoms with Crippen molar-refractivity contribution in [3.8, 4) is 0 Å². The topological polar surface area (TPSA) is 49.9 Å². The van der Waals surface area contributed by atoms with Crippen LogP contribution < -0.4 is 0 Å². The van der Waals surface area contributed by atoms with Crippen molar-refractivity contribution in [1.82, 2.24) is 9.80 Å². The molecule has 2 saturated heterocycles. The van der Waals surface area contributed by atoms with E-state index in [9.17, 15) is 22.8 Å². The highest BCUT2D eigenvalue weighted by Crippen LogP contribution is 2.43. The highest BCUT2D eigenvalue weighted by Gasteiger charge is 2.54. The summed E-state index contributed by atoms with van der Waals surface area (Å²) in [6, 6.07) is 3.64. The minimum Gasteiger partial charge on any atom is -0.353 e. The number of carbonyl (C=O) groups is 2. The Morgan fingerprint density at radius 3 is 2.43 bits per heavy atom. The van der Waals surface area contributed by atoms with Crippen LogP contribution in [0.4, 0.5) is 13.2 Å². The Hall–Kier alpha value is -2.09. The van der Waals surface area contributed by atoms with E-state index in [2.05, 4.69) is 6.92 Å². The van der Waals surface area contributed by atoms with Gasteiger partial charge in [-0.15, -0.1) is 0 Å². The third-order valence-electron chi connectivity index (χ3n) is 6.67. The molecule has 2 heterocycles. The average molecular weight is 424 g/mol. The molecule has 0 radical (unpaired) electrons. The fraction of sp³-hybridized carbons (Fsp3) is 0.636. The van der Waals surface area contributed by atoms with E-state index in [1.165, 1.54) is 17.0 Å². The van der Waals surface area contributed by atoms with E-state index >= 15 is 0 Å². The maximum atomic E-state index is 13.5. The molecule has 1 aromatic carbocycles. The van der Waals surface area contributed by atoms with Crippen molar-refractivity contribution >= 4 is 11.8 Å². The lowest BCUT2D eigenvalue weighted by molar-refractivity contribution is -0.138. The Balaban J connectivity index is 1.68. The van der Waals surface area contributed by atoms with Crippen LogP contribution in [0.1, 0.15) is 61.4 Å². The zero-order valence-electron chi connectivity index (χ0n) is 17.1. The molecule has 30 heavy (non-hydrogen) atoms. The lowest BCUT2D eigenvalue weighted by Gasteiger charge is -2.43. The molecule has 0 aromatic heterocycles. The molecule has 1 aromatic rings. The van der Waals surface area contributed by atoms with Gasteiger partial charge in [-0.3, -0.25) is 14.5 Å². The molecule has 4 rings (SSSR count). The summed E-state index contributed by atoms with van der Waals surface area (Å²) in [5.41, 5.74) is -1.85. The number of ether oxygens (including phenoxy) is 1. The second-order valence-electron chi connectivity index (χ2n) is 8.74. The number of alkyl halides is 3. The van der Waals surface area contributed by atoms with Crippen LogP contribution >= 0.6 is 0 Å². The Kier molecular flexibility index (Phi) is 5.55. The summed E-state index contributed by atoms with van der Waals surface area (Å²) in [7, 11) is 0. The van der Waals surface area contributed by atoms with Crippen molar-refractivity contribution in [3.63, 3.8) is 0 Å². The Morgan fingerprint density at radius 2 is 1.80 bits per heavy atom. The van der Waals surface area contributed by atoms with Crippen molar-refractivity contribution in [1.29, 1.82) is 0 Å². The van der Waals surface area contributed by atoms with E-state index in [0.29, 0.717) is 31.8 Å². The number of carbonyl (C=O) groups excluding carboxylic acids is 2. The summed E-state index contributed by atoms with van der Waals surface area (Å²) in [6.45, 7) is 3.51. The van der Waals surface area contributed by atoms with E-state index in [4.69, 9.17) is 4.74 Å². The maximum Gasteiger partial charge on any atom is 0.416 e. The predicted molar refractivity (Wildman–Crippen MR) is 104 cm³/mol. The SMILES string of the molecule is CC1CCC2(CC1)OCC(C(=O)N1CCCC1)N2C(=O)c1cccc(C(F)(F)F)c1. The normalized spacial score (nSPS) is 29.6. The molecule has 0 bridgehead atoms. The summed E-state index contributed by atoms with van der Waals surface area (Å²) in [6.07, 6.45) is 0.160.